The van der Waals surface area contributed by atoms with E-state index in [0.29, 0.717) is 6.04 Å². The van der Waals surface area contributed by atoms with Gasteiger partial charge in [-0.25, -0.2) is 0 Å². The minimum atomic E-state index is 0. The van der Waals surface area contributed by atoms with E-state index < -0.39 is 0 Å². The van der Waals surface area contributed by atoms with Gasteiger partial charge in [0.25, 0.3) is 0 Å². The number of rotatable bonds is 4. The van der Waals surface area contributed by atoms with Gasteiger partial charge in [0.2, 0.25) is 5.91 Å². The molecular weight excluding hydrogens is 395 g/mol. The lowest BCUT2D eigenvalue weighted by molar-refractivity contribution is -0.127. The number of nitrogens with one attached hydrogen (secondary N) is 1. The molecule has 5 nitrogen and oxygen atoms in total. The number of halogens is 3. The Hall–Kier alpha value is -0.590. The number of hydrogen-bond donors (Lipinski definition) is 2. The molecule has 3 rings (SSSR count). The highest BCUT2D eigenvalue weighted by molar-refractivity contribution is 5.86. The summed E-state index contributed by atoms with van der Waals surface area (Å²) in [4.78, 5) is 19.2. The van der Waals surface area contributed by atoms with Crippen LogP contribution in [-0.4, -0.2) is 41.0 Å². The van der Waals surface area contributed by atoms with Crippen molar-refractivity contribution in [1.29, 1.82) is 0 Å². The Morgan fingerprint density at radius 3 is 2.50 bits per heavy atom. The first-order valence-electron chi connectivity index (χ1n) is 8.89. The lowest BCUT2D eigenvalue weighted by Crippen LogP contribution is -2.47. The van der Waals surface area contributed by atoms with Gasteiger partial charge in [-0.1, -0.05) is 12.5 Å². The molecule has 1 aromatic rings. The molecule has 8 heteroatoms. The predicted octanol–water partition coefficient (Wildman–Crippen LogP) is 2.95. The van der Waals surface area contributed by atoms with Crippen molar-refractivity contribution in [2.75, 3.05) is 13.1 Å². The van der Waals surface area contributed by atoms with Crippen LogP contribution in [0, 0.1) is 5.92 Å². The molecule has 0 bridgehead atoms. The number of carbonyl (C=O) groups excluding carboxylic acids is 1. The van der Waals surface area contributed by atoms with Gasteiger partial charge in [0, 0.05) is 43.8 Å². The summed E-state index contributed by atoms with van der Waals surface area (Å²) in [7, 11) is 0. The van der Waals surface area contributed by atoms with E-state index in [4.69, 9.17) is 5.73 Å². The van der Waals surface area contributed by atoms with Crippen molar-refractivity contribution >= 4 is 43.1 Å². The van der Waals surface area contributed by atoms with Gasteiger partial charge in [-0.2, -0.15) is 0 Å². The van der Waals surface area contributed by atoms with Gasteiger partial charge >= 0.3 is 0 Å². The molecule has 3 N–H and O–H groups in total. The number of likely N-dealkylation sites (tertiary alicyclic amines) is 1. The molecule has 1 aliphatic heterocycles. The third-order valence-corrected chi connectivity index (χ3v) is 5.13. The second kappa shape index (κ2) is 12.7. The van der Waals surface area contributed by atoms with E-state index in [1.54, 1.807) is 0 Å². The average Bonchev–Trinajstić information content (AvgIpc) is 2.57. The molecule has 0 spiro atoms. The molecule has 26 heavy (non-hydrogen) atoms. The largest absolute Gasteiger partial charge is 0.353 e. The number of nitrogens with zero attached hydrogens (tertiary/aromatic N) is 2. The van der Waals surface area contributed by atoms with E-state index in [0.717, 1.165) is 63.9 Å². The minimum Gasteiger partial charge on any atom is -0.353 e. The molecule has 0 radical (unpaired) electrons. The summed E-state index contributed by atoms with van der Waals surface area (Å²) in [5, 5.41) is 3.26. The lowest BCUT2D eigenvalue weighted by Gasteiger charge is -2.33. The molecule has 150 valence electrons. The van der Waals surface area contributed by atoms with Gasteiger partial charge in [-0.05, 0) is 44.2 Å². The summed E-state index contributed by atoms with van der Waals surface area (Å²) >= 11 is 0. The van der Waals surface area contributed by atoms with Crippen molar-refractivity contribution in [3.05, 3.63) is 30.1 Å². The van der Waals surface area contributed by atoms with Gasteiger partial charge in [0.05, 0.1) is 5.69 Å². The summed E-state index contributed by atoms with van der Waals surface area (Å²) < 4.78 is 0. The van der Waals surface area contributed by atoms with Crippen LogP contribution in [0.4, 0.5) is 0 Å². The van der Waals surface area contributed by atoms with Gasteiger partial charge in [-0.3, -0.25) is 14.7 Å². The van der Waals surface area contributed by atoms with Crippen LogP contribution in [0.15, 0.2) is 24.4 Å². The number of piperidine rings is 1. The van der Waals surface area contributed by atoms with E-state index in [2.05, 4.69) is 21.3 Å². The Morgan fingerprint density at radius 2 is 1.88 bits per heavy atom. The quantitative estimate of drug-likeness (QED) is 0.778. The molecule has 1 aromatic heterocycles. The van der Waals surface area contributed by atoms with Crippen molar-refractivity contribution in [1.82, 2.24) is 15.2 Å². The van der Waals surface area contributed by atoms with Crippen LogP contribution >= 0.6 is 37.2 Å². The van der Waals surface area contributed by atoms with Crippen molar-refractivity contribution in [2.45, 2.75) is 57.2 Å². The minimum absolute atomic E-state index is 0. The number of aromatic nitrogens is 1. The summed E-state index contributed by atoms with van der Waals surface area (Å²) in [6.07, 6.45) is 7.89. The van der Waals surface area contributed by atoms with Crippen LogP contribution in [0.1, 0.15) is 44.2 Å². The number of hydrogen-bond acceptors (Lipinski definition) is 4. The van der Waals surface area contributed by atoms with Crippen molar-refractivity contribution in [2.24, 2.45) is 11.7 Å². The van der Waals surface area contributed by atoms with Crippen LogP contribution < -0.4 is 11.1 Å². The highest BCUT2D eigenvalue weighted by atomic mass is 35.5. The topological polar surface area (TPSA) is 71.2 Å². The zero-order valence-corrected chi connectivity index (χ0v) is 17.5. The summed E-state index contributed by atoms with van der Waals surface area (Å²) in [5.41, 5.74) is 7.11. The SMILES string of the molecule is Cl.Cl.Cl.NC1CCCC(C(=O)NC2CCN(Cc3ccccn3)CC2)C1. The third kappa shape index (κ3) is 7.57. The number of carbonyl (C=O) groups is 1. The zero-order valence-electron chi connectivity index (χ0n) is 15.0. The molecule has 2 fully saturated rings. The van der Waals surface area contributed by atoms with E-state index >= 15 is 0 Å². The Morgan fingerprint density at radius 1 is 1.15 bits per heavy atom. The average molecular weight is 426 g/mol. The first-order chi connectivity index (χ1) is 11.2. The van der Waals surface area contributed by atoms with Gasteiger partial charge in [0.1, 0.15) is 0 Å². The van der Waals surface area contributed by atoms with Crippen LogP contribution in [-0.2, 0) is 11.3 Å². The highest BCUT2D eigenvalue weighted by Gasteiger charge is 2.28. The standard InChI is InChI=1S/C18H28N4O.3ClH/c19-15-5-3-4-14(12-15)18(23)21-16-7-10-22(11-8-16)13-17-6-1-2-9-20-17;;;/h1-2,6,9,14-16H,3-5,7-8,10-13,19H2,(H,21,23);3*1H. The fourth-order valence-corrected chi connectivity index (χ4v) is 3.74. The monoisotopic (exact) mass is 424 g/mol. The highest BCUT2D eigenvalue weighted by Crippen LogP contribution is 2.24. The van der Waals surface area contributed by atoms with Crippen molar-refractivity contribution in [3.63, 3.8) is 0 Å². The van der Waals surface area contributed by atoms with Crippen molar-refractivity contribution in [3.8, 4) is 0 Å². The Balaban J connectivity index is 0.00000208. The van der Waals surface area contributed by atoms with Crippen LogP contribution in [0.2, 0.25) is 0 Å². The molecule has 1 aliphatic carbocycles. The molecule has 1 saturated heterocycles. The molecule has 2 unspecified atom stereocenters. The van der Waals surface area contributed by atoms with E-state index in [1.165, 1.54) is 0 Å². The van der Waals surface area contributed by atoms with E-state index in [-0.39, 0.29) is 55.1 Å². The maximum absolute atomic E-state index is 12.4. The second-order valence-electron chi connectivity index (χ2n) is 7.00. The number of nitrogens with two attached hydrogens (primary N) is 1. The third-order valence-electron chi connectivity index (χ3n) is 5.13. The molecule has 2 atom stereocenters. The lowest BCUT2D eigenvalue weighted by atomic mass is 9.85. The summed E-state index contributed by atoms with van der Waals surface area (Å²) in [6.45, 7) is 2.94. The van der Waals surface area contributed by atoms with Crippen LogP contribution in [0.25, 0.3) is 0 Å². The van der Waals surface area contributed by atoms with Gasteiger partial charge in [-0.15, -0.1) is 37.2 Å². The Bertz CT molecular complexity index is 512. The van der Waals surface area contributed by atoms with E-state index in [1.807, 2.05) is 18.3 Å². The molecular formula is C18H31Cl3N4O. The van der Waals surface area contributed by atoms with Gasteiger partial charge in [0.15, 0.2) is 0 Å². The fourth-order valence-electron chi connectivity index (χ4n) is 3.74. The molecule has 2 heterocycles. The van der Waals surface area contributed by atoms with Crippen LogP contribution in [0.3, 0.4) is 0 Å². The normalized spacial score (nSPS) is 23.7. The number of pyridine rings is 1. The summed E-state index contributed by atoms with van der Waals surface area (Å²) in [5.74, 6) is 0.355. The van der Waals surface area contributed by atoms with Gasteiger partial charge < -0.3 is 11.1 Å². The zero-order chi connectivity index (χ0) is 16.1. The predicted molar refractivity (Wildman–Crippen MR) is 112 cm³/mol. The molecule has 1 amide bonds. The Labute approximate surface area is 175 Å². The maximum atomic E-state index is 12.4. The Kier molecular flexibility index (Phi) is 12.4. The smallest absolute Gasteiger partial charge is 0.223 e. The van der Waals surface area contributed by atoms with E-state index in [9.17, 15) is 4.79 Å². The summed E-state index contributed by atoms with van der Waals surface area (Å²) in [6, 6.07) is 6.58. The first-order valence-corrected chi connectivity index (χ1v) is 8.89. The molecule has 0 aromatic carbocycles. The van der Waals surface area contributed by atoms with Crippen molar-refractivity contribution < 1.29 is 4.79 Å². The number of amides is 1. The molecule has 2 aliphatic rings. The fraction of sp³-hybridized carbons (Fsp3) is 0.667. The second-order valence-corrected chi connectivity index (χ2v) is 7.00. The van der Waals surface area contributed by atoms with Crippen LogP contribution in [0.5, 0.6) is 0 Å². The maximum Gasteiger partial charge on any atom is 0.223 e. The first kappa shape index (κ1) is 25.4. The molecule has 1 saturated carbocycles.